The maximum Gasteiger partial charge on any atom is 0.303 e. The van der Waals surface area contributed by atoms with E-state index in [1.165, 1.54) is 51.4 Å². The molecule has 0 heterocycles. The molecule has 0 saturated carbocycles. The second-order valence-electron chi connectivity index (χ2n) is 9.27. The Kier molecular flexibility index (Phi) is 17.1. The number of aliphatic carboxylic acids is 1. The summed E-state index contributed by atoms with van der Waals surface area (Å²) in [5.74, 6) is -1.32. The average molecular weight is 441 g/mol. The zero-order chi connectivity index (χ0) is 23.6. The van der Waals surface area contributed by atoms with Crippen LogP contribution in [0.2, 0.25) is 0 Å². The number of carbonyl (C=O) groups is 3. The van der Waals surface area contributed by atoms with Crippen molar-refractivity contribution in [2.45, 2.75) is 143 Å². The summed E-state index contributed by atoms with van der Waals surface area (Å²) in [5.41, 5.74) is 0. The highest BCUT2D eigenvalue weighted by molar-refractivity contribution is 5.88. The first kappa shape index (κ1) is 29.4. The fraction of sp³-hybridized carbons (Fsp3) is 0.880. The van der Waals surface area contributed by atoms with Crippen molar-refractivity contribution in [1.82, 2.24) is 10.2 Å². The lowest BCUT2D eigenvalue weighted by Crippen LogP contribution is -2.53. The third kappa shape index (κ3) is 14.9. The van der Waals surface area contributed by atoms with E-state index in [2.05, 4.69) is 12.2 Å². The van der Waals surface area contributed by atoms with Gasteiger partial charge in [0.2, 0.25) is 11.8 Å². The highest BCUT2D eigenvalue weighted by Gasteiger charge is 2.29. The van der Waals surface area contributed by atoms with Crippen LogP contribution >= 0.6 is 0 Å². The van der Waals surface area contributed by atoms with E-state index in [0.717, 1.165) is 19.3 Å². The Labute approximate surface area is 190 Å². The number of carboxylic acids is 1. The molecule has 6 nitrogen and oxygen atoms in total. The topological polar surface area (TPSA) is 86.7 Å². The fourth-order valence-electron chi connectivity index (χ4n) is 4.03. The molecule has 182 valence electrons. The largest absolute Gasteiger partial charge is 0.481 e. The van der Waals surface area contributed by atoms with E-state index >= 15 is 0 Å². The SMILES string of the molecule is CCCCCCCCCCCCCC(=O)N[C@@H](CCC(=O)O)C(=O)N(C(C)C)C(C)C. The zero-order valence-electron chi connectivity index (χ0n) is 20.8. The van der Waals surface area contributed by atoms with E-state index in [-0.39, 0.29) is 36.7 Å². The van der Waals surface area contributed by atoms with Gasteiger partial charge in [0, 0.05) is 24.9 Å². The number of hydrogen-bond acceptors (Lipinski definition) is 3. The molecular weight excluding hydrogens is 392 g/mol. The Balaban J connectivity index is 4.28. The molecule has 1 atom stereocenters. The lowest BCUT2D eigenvalue weighted by molar-refractivity contribution is -0.141. The Morgan fingerprint density at radius 3 is 1.61 bits per heavy atom. The van der Waals surface area contributed by atoms with E-state index in [1.54, 1.807) is 4.90 Å². The fourth-order valence-corrected chi connectivity index (χ4v) is 4.03. The van der Waals surface area contributed by atoms with Crippen molar-refractivity contribution < 1.29 is 19.5 Å². The van der Waals surface area contributed by atoms with Crippen molar-refractivity contribution in [2.24, 2.45) is 0 Å². The maximum absolute atomic E-state index is 13.0. The van der Waals surface area contributed by atoms with Gasteiger partial charge in [-0.1, -0.05) is 71.1 Å². The molecule has 0 aromatic heterocycles. The van der Waals surface area contributed by atoms with Gasteiger partial charge in [0.05, 0.1) is 0 Å². The number of nitrogens with zero attached hydrogens (tertiary/aromatic N) is 1. The number of hydrogen-bond donors (Lipinski definition) is 2. The normalized spacial score (nSPS) is 12.2. The summed E-state index contributed by atoms with van der Waals surface area (Å²) in [6.45, 7) is 9.96. The van der Waals surface area contributed by atoms with E-state index in [4.69, 9.17) is 5.11 Å². The highest BCUT2D eigenvalue weighted by atomic mass is 16.4. The summed E-state index contributed by atoms with van der Waals surface area (Å²) in [4.78, 5) is 38.1. The van der Waals surface area contributed by atoms with Gasteiger partial charge in [0.1, 0.15) is 6.04 Å². The average Bonchev–Trinajstić information content (AvgIpc) is 2.68. The van der Waals surface area contributed by atoms with E-state index in [0.29, 0.717) is 6.42 Å². The lowest BCUT2D eigenvalue weighted by Gasteiger charge is -2.34. The summed E-state index contributed by atoms with van der Waals surface area (Å²) in [5, 5.41) is 11.8. The maximum atomic E-state index is 13.0. The monoisotopic (exact) mass is 440 g/mol. The van der Waals surface area contributed by atoms with Gasteiger partial charge in [-0.3, -0.25) is 14.4 Å². The summed E-state index contributed by atoms with van der Waals surface area (Å²) >= 11 is 0. The molecule has 0 saturated heterocycles. The second-order valence-corrected chi connectivity index (χ2v) is 9.27. The van der Waals surface area contributed by atoms with Gasteiger partial charge in [-0.25, -0.2) is 0 Å². The van der Waals surface area contributed by atoms with Crippen LogP contribution in [0.4, 0.5) is 0 Å². The zero-order valence-corrected chi connectivity index (χ0v) is 20.8. The van der Waals surface area contributed by atoms with Gasteiger partial charge >= 0.3 is 5.97 Å². The van der Waals surface area contributed by atoms with Crippen molar-refractivity contribution in [3.8, 4) is 0 Å². The number of carboxylic acid groups (broad SMARTS) is 1. The van der Waals surface area contributed by atoms with Crippen LogP contribution in [0, 0.1) is 0 Å². The predicted molar refractivity (Wildman–Crippen MR) is 127 cm³/mol. The third-order valence-electron chi connectivity index (χ3n) is 5.65. The van der Waals surface area contributed by atoms with Gasteiger partial charge in [0.25, 0.3) is 0 Å². The van der Waals surface area contributed by atoms with Crippen LogP contribution in [0.5, 0.6) is 0 Å². The number of carbonyl (C=O) groups excluding carboxylic acids is 2. The quantitative estimate of drug-likeness (QED) is 0.253. The van der Waals surface area contributed by atoms with Gasteiger partial charge in [-0.2, -0.15) is 0 Å². The third-order valence-corrected chi connectivity index (χ3v) is 5.65. The molecule has 0 aliphatic rings. The Morgan fingerprint density at radius 2 is 1.19 bits per heavy atom. The number of unbranched alkanes of at least 4 members (excludes halogenated alkanes) is 10. The van der Waals surface area contributed by atoms with Gasteiger partial charge in [-0.05, 0) is 40.5 Å². The molecule has 0 rings (SSSR count). The molecule has 2 amide bonds. The molecule has 0 aliphatic heterocycles. The highest BCUT2D eigenvalue weighted by Crippen LogP contribution is 2.13. The molecular formula is C25H48N2O4. The van der Waals surface area contributed by atoms with Crippen LogP contribution in [-0.4, -0.2) is 45.9 Å². The van der Waals surface area contributed by atoms with Crippen molar-refractivity contribution >= 4 is 17.8 Å². The smallest absolute Gasteiger partial charge is 0.303 e. The molecule has 6 heteroatoms. The first-order chi connectivity index (χ1) is 14.7. The minimum Gasteiger partial charge on any atom is -0.481 e. The number of rotatable bonds is 19. The predicted octanol–water partition coefficient (Wildman–Crippen LogP) is 5.68. The minimum atomic E-state index is -0.960. The van der Waals surface area contributed by atoms with Crippen LogP contribution in [0.15, 0.2) is 0 Å². The van der Waals surface area contributed by atoms with E-state index in [9.17, 15) is 14.4 Å². The Morgan fingerprint density at radius 1 is 0.742 bits per heavy atom. The molecule has 0 aliphatic carbocycles. The molecule has 0 bridgehead atoms. The van der Waals surface area contributed by atoms with Crippen LogP contribution in [0.25, 0.3) is 0 Å². The van der Waals surface area contributed by atoms with E-state index < -0.39 is 12.0 Å². The number of amides is 2. The summed E-state index contributed by atoms with van der Waals surface area (Å²) in [6, 6.07) is -0.798. The van der Waals surface area contributed by atoms with Crippen LogP contribution in [0.3, 0.4) is 0 Å². The first-order valence-electron chi connectivity index (χ1n) is 12.5. The summed E-state index contributed by atoms with van der Waals surface area (Å²) < 4.78 is 0. The summed E-state index contributed by atoms with van der Waals surface area (Å²) in [6.07, 6.45) is 13.8. The molecule has 0 aromatic rings. The van der Waals surface area contributed by atoms with Crippen molar-refractivity contribution in [3.05, 3.63) is 0 Å². The van der Waals surface area contributed by atoms with Crippen LogP contribution < -0.4 is 5.32 Å². The Bertz CT molecular complexity index is 498. The van der Waals surface area contributed by atoms with E-state index in [1.807, 2.05) is 27.7 Å². The molecule has 31 heavy (non-hydrogen) atoms. The Hall–Kier alpha value is -1.59. The molecule has 0 unspecified atom stereocenters. The second kappa shape index (κ2) is 18.0. The summed E-state index contributed by atoms with van der Waals surface area (Å²) in [7, 11) is 0. The molecule has 2 N–H and O–H groups in total. The van der Waals surface area contributed by atoms with Crippen molar-refractivity contribution in [3.63, 3.8) is 0 Å². The van der Waals surface area contributed by atoms with Crippen LogP contribution in [-0.2, 0) is 14.4 Å². The first-order valence-corrected chi connectivity index (χ1v) is 12.5. The van der Waals surface area contributed by atoms with Crippen LogP contribution in [0.1, 0.15) is 125 Å². The lowest BCUT2D eigenvalue weighted by atomic mass is 10.0. The van der Waals surface area contributed by atoms with Crippen molar-refractivity contribution in [1.29, 1.82) is 0 Å². The molecule has 0 aromatic carbocycles. The molecule has 0 radical (unpaired) electrons. The van der Waals surface area contributed by atoms with Crippen molar-refractivity contribution in [2.75, 3.05) is 0 Å². The minimum absolute atomic E-state index is 0.0108. The molecule has 0 fully saturated rings. The standard InChI is InChI=1S/C25H48N2O4/c1-6-7-8-9-10-11-12-13-14-15-16-17-23(28)26-22(18-19-24(29)30)25(31)27(20(2)3)21(4)5/h20-22H,6-19H2,1-5H3,(H,26,28)(H,29,30)/t22-/m0/s1. The molecule has 0 spiro atoms. The van der Waals surface area contributed by atoms with Gasteiger partial charge < -0.3 is 15.3 Å². The van der Waals surface area contributed by atoms with Gasteiger partial charge in [-0.15, -0.1) is 0 Å². The number of nitrogens with one attached hydrogen (secondary N) is 1. The van der Waals surface area contributed by atoms with Gasteiger partial charge in [0.15, 0.2) is 0 Å².